The predicted molar refractivity (Wildman–Crippen MR) is 98.9 cm³/mol. The Morgan fingerprint density at radius 2 is 2.12 bits per heavy atom. The maximum atomic E-state index is 12.5. The van der Waals surface area contributed by atoms with Gasteiger partial charge in [-0.15, -0.1) is 13.2 Å². The van der Waals surface area contributed by atoms with Gasteiger partial charge in [0.05, 0.1) is 6.54 Å². The molecule has 1 aliphatic rings. The van der Waals surface area contributed by atoms with E-state index in [1.54, 1.807) is 11.0 Å². The Bertz CT molecular complexity index is 647. The van der Waals surface area contributed by atoms with Crippen LogP contribution in [0.5, 0.6) is 0 Å². The second kappa shape index (κ2) is 7.56. The second-order valence-corrected chi connectivity index (χ2v) is 7.05. The molecule has 24 heavy (non-hydrogen) atoms. The third-order valence-electron chi connectivity index (χ3n) is 3.84. The third kappa shape index (κ3) is 4.40. The summed E-state index contributed by atoms with van der Waals surface area (Å²) in [6.07, 6.45) is 9.67. The Kier molecular flexibility index (Phi) is 5.71. The van der Waals surface area contributed by atoms with Crippen molar-refractivity contribution in [2.45, 2.75) is 45.8 Å². The van der Waals surface area contributed by atoms with E-state index < -0.39 is 5.60 Å². The average molecular weight is 328 g/mol. The first-order valence-electron chi connectivity index (χ1n) is 8.43. The number of hydrogen-bond acceptors (Lipinski definition) is 2. The van der Waals surface area contributed by atoms with E-state index in [0.29, 0.717) is 13.1 Å². The van der Waals surface area contributed by atoms with Crippen LogP contribution in [-0.4, -0.2) is 34.3 Å². The van der Waals surface area contributed by atoms with Gasteiger partial charge in [0.15, 0.2) is 0 Å². The maximum Gasteiger partial charge on any atom is 0.410 e. The molecule has 1 aromatic heterocycles. The van der Waals surface area contributed by atoms with Crippen LogP contribution in [0.2, 0.25) is 0 Å². The summed E-state index contributed by atoms with van der Waals surface area (Å²) < 4.78 is 7.72. The number of carbonyl (C=O) groups excluding carboxylic acids is 1. The molecule has 1 aromatic rings. The van der Waals surface area contributed by atoms with Gasteiger partial charge in [0.1, 0.15) is 5.60 Å². The van der Waals surface area contributed by atoms with E-state index in [-0.39, 0.29) is 6.09 Å². The van der Waals surface area contributed by atoms with Crippen molar-refractivity contribution in [1.82, 2.24) is 9.47 Å². The maximum absolute atomic E-state index is 12.5. The van der Waals surface area contributed by atoms with E-state index in [1.165, 1.54) is 11.3 Å². The zero-order chi connectivity index (χ0) is 17.7. The standard InChI is InChI=1S/C20H28N2O2/c1-6-12-21-14-11-16-9-8-10-17(18(16)21)15-22(13-7-2)19(23)24-20(3,4)5/h6-7,10-11,14H,1-2,8-9,12-13,15H2,3-5H3. The number of hydrogen-bond donors (Lipinski definition) is 0. The summed E-state index contributed by atoms with van der Waals surface area (Å²) in [4.78, 5) is 14.2. The van der Waals surface area contributed by atoms with Crippen molar-refractivity contribution in [1.29, 1.82) is 0 Å². The predicted octanol–water partition coefficient (Wildman–Crippen LogP) is 4.43. The number of ether oxygens (including phenoxy) is 1. The summed E-state index contributed by atoms with van der Waals surface area (Å²) in [5.74, 6) is 0. The molecule has 0 aliphatic heterocycles. The van der Waals surface area contributed by atoms with Crippen LogP contribution in [0.1, 0.15) is 38.4 Å². The normalized spacial score (nSPS) is 13.7. The van der Waals surface area contributed by atoms with E-state index in [1.807, 2.05) is 26.8 Å². The zero-order valence-corrected chi connectivity index (χ0v) is 15.0. The SMILES string of the molecule is C=CCN(CC1=CCCc2ccn(CC=C)c21)C(=O)OC(C)(C)C. The molecule has 0 aromatic carbocycles. The fourth-order valence-corrected chi connectivity index (χ4v) is 2.93. The highest BCUT2D eigenvalue weighted by atomic mass is 16.6. The van der Waals surface area contributed by atoms with Crippen molar-refractivity contribution in [3.8, 4) is 0 Å². The Labute approximate surface area is 145 Å². The Hall–Kier alpha value is -2.23. The van der Waals surface area contributed by atoms with Crippen molar-refractivity contribution >= 4 is 11.7 Å². The van der Waals surface area contributed by atoms with Gasteiger partial charge in [-0.1, -0.05) is 18.2 Å². The Morgan fingerprint density at radius 1 is 1.38 bits per heavy atom. The molecule has 0 unspecified atom stereocenters. The number of aryl methyl sites for hydroxylation is 1. The first kappa shape index (κ1) is 18.1. The van der Waals surface area contributed by atoms with Gasteiger partial charge in [-0.3, -0.25) is 0 Å². The zero-order valence-electron chi connectivity index (χ0n) is 15.0. The van der Waals surface area contributed by atoms with Crippen molar-refractivity contribution in [2.24, 2.45) is 0 Å². The lowest BCUT2D eigenvalue weighted by molar-refractivity contribution is 0.0295. The number of nitrogens with zero attached hydrogens (tertiary/aromatic N) is 2. The number of aromatic nitrogens is 1. The molecule has 1 aliphatic carbocycles. The number of rotatable bonds is 6. The van der Waals surface area contributed by atoms with Gasteiger partial charge in [-0.2, -0.15) is 0 Å². The number of allylic oxidation sites excluding steroid dienone is 2. The van der Waals surface area contributed by atoms with Gasteiger partial charge in [-0.25, -0.2) is 4.79 Å². The van der Waals surface area contributed by atoms with Crippen LogP contribution in [-0.2, 0) is 17.7 Å². The quantitative estimate of drug-likeness (QED) is 0.724. The third-order valence-corrected chi connectivity index (χ3v) is 3.84. The van der Waals surface area contributed by atoms with E-state index in [2.05, 4.69) is 36.1 Å². The van der Waals surface area contributed by atoms with E-state index >= 15 is 0 Å². The second-order valence-electron chi connectivity index (χ2n) is 7.05. The first-order chi connectivity index (χ1) is 11.4. The van der Waals surface area contributed by atoms with Crippen LogP contribution in [0.4, 0.5) is 4.79 Å². The van der Waals surface area contributed by atoms with E-state index in [9.17, 15) is 4.79 Å². The minimum atomic E-state index is -0.508. The molecule has 0 saturated carbocycles. The lowest BCUT2D eigenvalue weighted by Crippen LogP contribution is -2.38. The summed E-state index contributed by atoms with van der Waals surface area (Å²) in [5.41, 5.74) is 3.19. The first-order valence-corrected chi connectivity index (χ1v) is 8.43. The minimum Gasteiger partial charge on any atom is -0.444 e. The molecular weight excluding hydrogens is 300 g/mol. The summed E-state index contributed by atoms with van der Waals surface area (Å²) in [5, 5.41) is 0. The van der Waals surface area contributed by atoms with Gasteiger partial charge in [-0.05, 0) is 50.8 Å². The Morgan fingerprint density at radius 3 is 2.75 bits per heavy atom. The molecule has 130 valence electrons. The fourth-order valence-electron chi connectivity index (χ4n) is 2.93. The van der Waals surface area contributed by atoms with Crippen molar-refractivity contribution < 1.29 is 9.53 Å². The minimum absolute atomic E-state index is 0.308. The van der Waals surface area contributed by atoms with Gasteiger partial charge in [0, 0.05) is 25.0 Å². The molecule has 2 rings (SSSR count). The van der Waals surface area contributed by atoms with Gasteiger partial charge in [0.25, 0.3) is 0 Å². The molecule has 0 saturated heterocycles. The van der Waals surface area contributed by atoms with Crippen LogP contribution in [0.15, 0.2) is 43.6 Å². The number of fused-ring (bicyclic) bond motifs is 1. The molecule has 1 heterocycles. The molecule has 0 fully saturated rings. The highest BCUT2D eigenvalue weighted by Crippen LogP contribution is 2.28. The molecule has 0 bridgehead atoms. The van der Waals surface area contributed by atoms with Gasteiger partial charge in [0.2, 0.25) is 0 Å². The summed E-state index contributed by atoms with van der Waals surface area (Å²) in [7, 11) is 0. The summed E-state index contributed by atoms with van der Waals surface area (Å²) in [6.45, 7) is 15.0. The molecular formula is C20H28N2O2. The van der Waals surface area contributed by atoms with Crippen molar-refractivity contribution in [2.75, 3.05) is 13.1 Å². The largest absolute Gasteiger partial charge is 0.444 e. The van der Waals surface area contributed by atoms with Crippen LogP contribution >= 0.6 is 0 Å². The van der Waals surface area contributed by atoms with Gasteiger partial charge >= 0.3 is 6.09 Å². The highest BCUT2D eigenvalue weighted by molar-refractivity contribution is 5.75. The van der Waals surface area contributed by atoms with Crippen LogP contribution in [0.3, 0.4) is 0 Å². The molecule has 4 nitrogen and oxygen atoms in total. The average Bonchev–Trinajstić information content (AvgIpc) is 2.90. The fraction of sp³-hybridized carbons (Fsp3) is 0.450. The summed E-state index contributed by atoms with van der Waals surface area (Å²) in [6, 6.07) is 2.16. The molecule has 0 radical (unpaired) electrons. The smallest absolute Gasteiger partial charge is 0.410 e. The van der Waals surface area contributed by atoms with E-state index in [0.717, 1.165) is 25.0 Å². The number of amides is 1. The molecule has 0 spiro atoms. The van der Waals surface area contributed by atoms with Gasteiger partial charge < -0.3 is 14.2 Å². The Balaban J connectivity index is 2.23. The van der Waals surface area contributed by atoms with Crippen molar-refractivity contribution in [3.05, 3.63) is 54.9 Å². The van der Waals surface area contributed by atoms with Crippen LogP contribution in [0, 0.1) is 0 Å². The van der Waals surface area contributed by atoms with Crippen LogP contribution < -0.4 is 0 Å². The monoisotopic (exact) mass is 328 g/mol. The molecule has 1 amide bonds. The summed E-state index contributed by atoms with van der Waals surface area (Å²) >= 11 is 0. The highest BCUT2D eigenvalue weighted by Gasteiger charge is 2.25. The topological polar surface area (TPSA) is 34.5 Å². The lowest BCUT2D eigenvalue weighted by Gasteiger charge is -2.28. The number of carbonyl (C=O) groups is 1. The molecule has 0 atom stereocenters. The molecule has 0 N–H and O–H groups in total. The van der Waals surface area contributed by atoms with Crippen molar-refractivity contribution in [3.63, 3.8) is 0 Å². The lowest BCUT2D eigenvalue weighted by atomic mass is 9.96. The molecule has 4 heteroatoms. The van der Waals surface area contributed by atoms with Crippen LogP contribution in [0.25, 0.3) is 5.57 Å². The van der Waals surface area contributed by atoms with E-state index in [4.69, 9.17) is 4.74 Å².